The van der Waals surface area contributed by atoms with Gasteiger partial charge < -0.3 is 14.2 Å². The molecule has 202 valence electrons. The van der Waals surface area contributed by atoms with E-state index in [1.54, 1.807) is 23.1 Å². The van der Waals surface area contributed by atoms with Crippen molar-refractivity contribution in [3.8, 4) is 17.6 Å². The lowest BCUT2D eigenvalue weighted by Crippen LogP contribution is -2.23. The average molecular weight is 556 g/mol. The lowest BCUT2D eigenvalue weighted by molar-refractivity contribution is -0.0402. The summed E-state index contributed by atoms with van der Waals surface area (Å²) in [5.74, 6) is 2.59. The standard InChI is InChI=1S/C28H24F3N3O4S/c1-18-3-5-21-15-22(39(35,36)33-27-11-14-38-32-27)7-8-24(21)34(18)25-17-23(29)20(16-26(25)37-2)6-4-19-9-12-28(30,31)13-10-19/h3,5,7-8,11,14-17,19H,1,9-10,12-13H2,2H3,(H,32,33). The zero-order valence-corrected chi connectivity index (χ0v) is 21.7. The van der Waals surface area contributed by atoms with Crippen molar-refractivity contribution in [1.29, 1.82) is 0 Å². The van der Waals surface area contributed by atoms with Crippen LogP contribution in [0.25, 0.3) is 6.08 Å². The van der Waals surface area contributed by atoms with Crippen molar-refractivity contribution < 1.29 is 30.8 Å². The van der Waals surface area contributed by atoms with Gasteiger partial charge in [-0.25, -0.2) is 21.6 Å². The maximum Gasteiger partial charge on any atom is 0.263 e. The highest BCUT2D eigenvalue weighted by atomic mass is 32.2. The number of methoxy groups -OCH3 is 1. The lowest BCUT2D eigenvalue weighted by atomic mass is 9.87. The summed E-state index contributed by atoms with van der Waals surface area (Å²) in [6, 6.07) is 8.58. The van der Waals surface area contributed by atoms with Gasteiger partial charge in [0.1, 0.15) is 17.8 Å². The van der Waals surface area contributed by atoms with Gasteiger partial charge in [-0.2, -0.15) is 0 Å². The summed E-state index contributed by atoms with van der Waals surface area (Å²) in [4.78, 5) is 1.64. The normalized spacial score (nSPS) is 16.8. The number of aromatic nitrogens is 1. The van der Waals surface area contributed by atoms with Gasteiger partial charge in [0.2, 0.25) is 5.92 Å². The van der Waals surface area contributed by atoms with E-state index in [1.165, 1.54) is 43.7 Å². The molecule has 2 aliphatic rings. The van der Waals surface area contributed by atoms with Crippen molar-refractivity contribution in [3.63, 3.8) is 0 Å². The molecule has 0 spiro atoms. The molecule has 11 heteroatoms. The Bertz CT molecular complexity index is 1610. The van der Waals surface area contributed by atoms with Crippen LogP contribution in [0.4, 0.5) is 30.4 Å². The van der Waals surface area contributed by atoms with Gasteiger partial charge >= 0.3 is 0 Å². The van der Waals surface area contributed by atoms with E-state index in [2.05, 4.69) is 32.8 Å². The first-order valence-electron chi connectivity index (χ1n) is 12.1. The first-order valence-corrected chi connectivity index (χ1v) is 13.6. The topological polar surface area (TPSA) is 84.7 Å². The molecule has 2 heterocycles. The number of nitrogens with zero attached hydrogens (tertiary/aromatic N) is 2. The van der Waals surface area contributed by atoms with Crippen LogP contribution in [-0.4, -0.2) is 26.6 Å². The van der Waals surface area contributed by atoms with Crippen molar-refractivity contribution >= 4 is 33.3 Å². The molecule has 7 nitrogen and oxygen atoms in total. The Morgan fingerprint density at radius 3 is 2.62 bits per heavy atom. The van der Waals surface area contributed by atoms with Crippen molar-refractivity contribution in [3.05, 3.63) is 78.0 Å². The van der Waals surface area contributed by atoms with Gasteiger partial charge in [0.15, 0.2) is 5.82 Å². The first kappa shape index (κ1) is 26.4. The molecule has 5 rings (SSSR count). The third kappa shape index (κ3) is 5.52. The third-order valence-electron chi connectivity index (χ3n) is 6.61. The van der Waals surface area contributed by atoms with Crippen molar-refractivity contribution in [2.45, 2.75) is 36.5 Å². The van der Waals surface area contributed by atoms with E-state index in [9.17, 15) is 17.2 Å². The molecule has 0 amide bonds. The Labute approximate surface area is 224 Å². The Hall–Kier alpha value is -4.17. The Balaban J connectivity index is 1.46. The van der Waals surface area contributed by atoms with Crippen molar-refractivity contribution in [2.75, 3.05) is 16.7 Å². The maximum atomic E-state index is 15.2. The van der Waals surface area contributed by atoms with Crippen LogP contribution in [-0.2, 0) is 10.0 Å². The van der Waals surface area contributed by atoms with E-state index in [0.717, 1.165) is 0 Å². The van der Waals surface area contributed by atoms with Gasteiger partial charge in [0.25, 0.3) is 10.0 Å². The predicted molar refractivity (Wildman–Crippen MR) is 141 cm³/mol. The van der Waals surface area contributed by atoms with E-state index >= 15 is 4.39 Å². The fraction of sp³-hybridized carbons (Fsp3) is 0.250. The van der Waals surface area contributed by atoms with Crippen molar-refractivity contribution in [2.24, 2.45) is 5.92 Å². The molecule has 1 aromatic heterocycles. The summed E-state index contributed by atoms with van der Waals surface area (Å²) in [6.07, 6.45) is 4.71. The molecule has 39 heavy (non-hydrogen) atoms. The number of nitrogens with one attached hydrogen (secondary N) is 1. The molecule has 3 aromatic rings. The highest BCUT2D eigenvalue weighted by Crippen LogP contribution is 2.43. The second-order valence-electron chi connectivity index (χ2n) is 9.27. The third-order valence-corrected chi connectivity index (χ3v) is 7.96. The summed E-state index contributed by atoms with van der Waals surface area (Å²) in [5.41, 5.74) is 2.03. The lowest BCUT2D eigenvalue weighted by Gasteiger charge is -2.31. The van der Waals surface area contributed by atoms with Gasteiger partial charge in [-0.1, -0.05) is 29.7 Å². The number of anilines is 3. The first-order chi connectivity index (χ1) is 18.6. The fourth-order valence-corrected chi connectivity index (χ4v) is 5.57. The number of allylic oxidation sites excluding steroid dienone is 1. The molecule has 1 N–H and O–H groups in total. The average Bonchev–Trinajstić information content (AvgIpc) is 3.40. The van der Waals surface area contributed by atoms with Crippen LogP contribution in [0.5, 0.6) is 5.75 Å². The van der Waals surface area contributed by atoms with Gasteiger partial charge in [-0.05, 0) is 42.7 Å². The van der Waals surface area contributed by atoms with Crippen LogP contribution < -0.4 is 14.4 Å². The van der Waals surface area contributed by atoms with Gasteiger partial charge in [0.05, 0.1) is 28.9 Å². The molecule has 2 aromatic carbocycles. The summed E-state index contributed by atoms with van der Waals surface area (Å²) < 4.78 is 80.3. The van der Waals surface area contributed by atoms with E-state index < -0.39 is 21.8 Å². The zero-order valence-electron chi connectivity index (χ0n) is 20.9. The number of benzene rings is 2. The quantitative estimate of drug-likeness (QED) is 0.363. The molecule has 1 aliphatic carbocycles. The van der Waals surface area contributed by atoms with Crippen LogP contribution >= 0.6 is 0 Å². The Morgan fingerprint density at radius 2 is 1.92 bits per heavy atom. The molecule has 1 fully saturated rings. The van der Waals surface area contributed by atoms with Crippen LogP contribution in [0.3, 0.4) is 0 Å². The fourth-order valence-electron chi connectivity index (χ4n) is 4.54. The SMILES string of the molecule is C=C1C=Cc2cc(S(=O)(=O)Nc3ccon3)ccc2N1c1cc(F)c(C#CC2CCC(F)(F)CC2)cc1OC. The molecule has 0 unspecified atom stereocenters. The second-order valence-corrected chi connectivity index (χ2v) is 11.0. The number of alkyl halides is 2. The maximum absolute atomic E-state index is 15.2. The number of rotatable bonds is 5. The number of sulfonamides is 1. The van der Waals surface area contributed by atoms with Crippen LogP contribution in [0.1, 0.15) is 36.8 Å². The van der Waals surface area contributed by atoms with E-state index in [4.69, 9.17) is 4.74 Å². The number of halogens is 3. The van der Waals surface area contributed by atoms with Crippen molar-refractivity contribution in [1.82, 2.24) is 5.16 Å². The summed E-state index contributed by atoms with van der Waals surface area (Å²) in [6.45, 7) is 4.05. The second kappa shape index (κ2) is 10.2. The number of ether oxygens (including phenoxy) is 1. The monoisotopic (exact) mass is 555 g/mol. The molecule has 0 bridgehead atoms. The molecule has 1 aliphatic heterocycles. The van der Waals surface area contributed by atoms with E-state index in [1.807, 2.05) is 0 Å². The largest absolute Gasteiger partial charge is 0.495 e. The molecule has 0 atom stereocenters. The number of fused-ring (bicyclic) bond motifs is 1. The minimum Gasteiger partial charge on any atom is -0.495 e. The molecular formula is C28H24F3N3O4S. The number of hydrogen-bond acceptors (Lipinski definition) is 6. The molecule has 0 radical (unpaired) electrons. The minimum absolute atomic E-state index is 0.00870. The van der Waals surface area contributed by atoms with Gasteiger partial charge in [0, 0.05) is 42.7 Å². The predicted octanol–water partition coefficient (Wildman–Crippen LogP) is 6.48. The highest BCUT2D eigenvalue weighted by molar-refractivity contribution is 7.92. The highest BCUT2D eigenvalue weighted by Gasteiger charge is 2.34. The molecule has 1 saturated carbocycles. The summed E-state index contributed by atoms with van der Waals surface area (Å²) in [7, 11) is -2.51. The van der Waals surface area contributed by atoms with E-state index in [-0.39, 0.29) is 47.9 Å². The minimum atomic E-state index is -3.95. The number of hydrogen-bond donors (Lipinski definition) is 1. The smallest absolute Gasteiger partial charge is 0.263 e. The van der Waals surface area contributed by atoms with Crippen LogP contribution in [0, 0.1) is 23.6 Å². The summed E-state index contributed by atoms with van der Waals surface area (Å²) >= 11 is 0. The van der Waals surface area contributed by atoms with Gasteiger partial charge in [-0.3, -0.25) is 4.72 Å². The molecule has 0 saturated heterocycles. The van der Waals surface area contributed by atoms with E-state index in [0.29, 0.717) is 28.4 Å². The van der Waals surface area contributed by atoms with Crippen LogP contribution in [0.2, 0.25) is 0 Å². The van der Waals surface area contributed by atoms with Gasteiger partial charge in [-0.15, -0.1) is 0 Å². The molecular weight excluding hydrogens is 531 g/mol. The van der Waals surface area contributed by atoms with Crippen LogP contribution in [0.15, 0.2) is 70.4 Å². The zero-order chi connectivity index (χ0) is 27.8. The summed E-state index contributed by atoms with van der Waals surface area (Å²) in [5, 5.41) is 3.57. The Morgan fingerprint density at radius 1 is 1.15 bits per heavy atom. The Kier molecular flexibility index (Phi) is 6.91.